The Kier molecular flexibility index (Phi) is 4.98. The number of ether oxygens (including phenoxy) is 1. The minimum atomic E-state index is -0.457. The number of hydrogen-bond acceptors (Lipinski definition) is 5. The molecule has 1 fully saturated rings. The second kappa shape index (κ2) is 7.79. The molecule has 8 heteroatoms. The number of hydrogen-bond donors (Lipinski definition) is 1. The maximum atomic E-state index is 13.3. The molecule has 0 unspecified atom stereocenters. The van der Waals surface area contributed by atoms with Crippen molar-refractivity contribution in [2.24, 2.45) is 0 Å². The molecule has 1 N–H and O–H groups in total. The number of pyridine rings is 1. The van der Waals surface area contributed by atoms with E-state index in [0.29, 0.717) is 31.9 Å². The van der Waals surface area contributed by atoms with Crippen molar-refractivity contribution in [2.75, 3.05) is 32.8 Å². The van der Waals surface area contributed by atoms with Gasteiger partial charge in [-0.1, -0.05) is 12.1 Å². The Morgan fingerprint density at radius 2 is 1.87 bits per heavy atom. The fourth-order valence-corrected chi connectivity index (χ4v) is 4.35. The number of benzene rings is 1. The van der Waals surface area contributed by atoms with Gasteiger partial charge in [-0.25, -0.2) is 14.4 Å². The summed E-state index contributed by atoms with van der Waals surface area (Å²) in [5.41, 5.74) is 4.27. The van der Waals surface area contributed by atoms with Crippen LogP contribution in [0.4, 0.5) is 4.39 Å². The van der Waals surface area contributed by atoms with Crippen LogP contribution in [0.3, 0.4) is 0 Å². The number of carbonyl (C=O) groups excluding carboxylic acids is 1. The van der Waals surface area contributed by atoms with Crippen molar-refractivity contribution in [3.05, 3.63) is 64.9 Å². The third kappa shape index (κ3) is 3.47. The van der Waals surface area contributed by atoms with Gasteiger partial charge in [0.15, 0.2) is 0 Å². The zero-order valence-electron chi connectivity index (χ0n) is 16.6. The second-order valence-corrected chi connectivity index (χ2v) is 7.82. The first kappa shape index (κ1) is 19.2. The number of carbonyl (C=O) groups is 1. The molecule has 30 heavy (non-hydrogen) atoms. The number of halogens is 1. The highest BCUT2D eigenvalue weighted by atomic mass is 19.1. The molecule has 156 valence electrons. The van der Waals surface area contributed by atoms with Crippen LogP contribution >= 0.6 is 0 Å². The minimum Gasteiger partial charge on any atom is -0.379 e. The van der Waals surface area contributed by atoms with E-state index in [0.717, 1.165) is 52.3 Å². The molecule has 4 heterocycles. The smallest absolute Gasteiger partial charge is 0.296 e. The van der Waals surface area contributed by atoms with Gasteiger partial charge in [-0.15, -0.1) is 0 Å². The number of hydroxylamine groups is 2. The molecule has 1 aromatic carbocycles. The summed E-state index contributed by atoms with van der Waals surface area (Å²) < 4.78 is 20.9. The predicted molar refractivity (Wildman–Crippen MR) is 108 cm³/mol. The Morgan fingerprint density at radius 3 is 2.63 bits per heavy atom. The molecule has 7 nitrogen and oxygen atoms in total. The SMILES string of the molecule is O=C1c2ncc3c(c(CN4CCOCC4)cn3Cc3ccc(F)cc3)c2CCN1O. The molecule has 0 saturated carbocycles. The van der Waals surface area contributed by atoms with Gasteiger partial charge in [0.05, 0.1) is 31.5 Å². The molecule has 0 aliphatic carbocycles. The van der Waals surface area contributed by atoms with E-state index in [2.05, 4.69) is 20.6 Å². The highest BCUT2D eigenvalue weighted by molar-refractivity contribution is 6.00. The molecular weight excluding hydrogens is 387 g/mol. The summed E-state index contributed by atoms with van der Waals surface area (Å²) in [6, 6.07) is 6.48. The molecular formula is C22H23FN4O3. The van der Waals surface area contributed by atoms with Gasteiger partial charge < -0.3 is 9.30 Å². The van der Waals surface area contributed by atoms with E-state index < -0.39 is 5.91 Å². The summed E-state index contributed by atoms with van der Waals surface area (Å²) in [7, 11) is 0. The lowest BCUT2D eigenvalue weighted by molar-refractivity contribution is -0.0606. The van der Waals surface area contributed by atoms with Gasteiger partial charge in [0, 0.05) is 37.8 Å². The molecule has 2 aliphatic rings. The van der Waals surface area contributed by atoms with Gasteiger partial charge in [0.1, 0.15) is 11.5 Å². The molecule has 2 aliphatic heterocycles. The molecule has 1 saturated heterocycles. The average Bonchev–Trinajstić information content (AvgIpc) is 3.10. The molecule has 3 aromatic rings. The predicted octanol–water partition coefficient (Wildman–Crippen LogP) is 2.44. The minimum absolute atomic E-state index is 0.257. The number of amides is 1. The van der Waals surface area contributed by atoms with E-state index >= 15 is 0 Å². The fraction of sp³-hybridized carbons (Fsp3) is 0.364. The van der Waals surface area contributed by atoms with Crippen LogP contribution < -0.4 is 0 Å². The zero-order chi connectivity index (χ0) is 20.7. The zero-order valence-corrected chi connectivity index (χ0v) is 16.6. The normalized spacial score (nSPS) is 17.5. The van der Waals surface area contributed by atoms with Gasteiger partial charge >= 0.3 is 0 Å². The standard InChI is InChI=1S/C22H23FN4O3/c23-17-3-1-15(2-4-17)12-26-14-16(13-25-7-9-30-10-8-25)20-18-5-6-27(29)22(28)21(18)24-11-19(20)26/h1-4,11,14,29H,5-10,12-13H2. The number of fused-ring (bicyclic) bond motifs is 3. The first-order chi connectivity index (χ1) is 14.6. The topological polar surface area (TPSA) is 70.8 Å². The summed E-state index contributed by atoms with van der Waals surface area (Å²) in [6.07, 6.45) is 4.37. The third-order valence-electron chi connectivity index (χ3n) is 5.88. The summed E-state index contributed by atoms with van der Waals surface area (Å²) in [5, 5.41) is 11.6. The van der Waals surface area contributed by atoms with Crippen LogP contribution in [-0.2, 0) is 24.2 Å². The van der Waals surface area contributed by atoms with E-state index in [1.807, 2.05) is 0 Å². The summed E-state index contributed by atoms with van der Waals surface area (Å²) >= 11 is 0. The molecule has 2 aromatic heterocycles. The van der Waals surface area contributed by atoms with E-state index in [4.69, 9.17) is 4.74 Å². The van der Waals surface area contributed by atoms with Crippen LogP contribution in [0, 0.1) is 5.82 Å². The molecule has 5 rings (SSSR count). The Bertz CT molecular complexity index is 1090. The average molecular weight is 410 g/mol. The molecule has 0 atom stereocenters. The van der Waals surface area contributed by atoms with Crippen molar-refractivity contribution in [1.82, 2.24) is 19.5 Å². The number of nitrogens with zero attached hydrogens (tertiary/aromatic N) is 4. The van der Waals surface area contributed by atoms with Crippen LogP contribution in [0.25, 0.3) is 10.9 Å². The number of aromatic nitrogens is 2. The Labute approximate surface area is 173 Å². The quantitative estimate of drug-likeness (QED) is 0.669. The van der Waals surface area contributed by atoms with Gasteiger partial charge in [0.25, 0.3) is 5.91 Å². The lowest BCUT2D eigenvalue weighted by Gasteiger charge is -2.27. The highest BCUT2D eigenvalue weighted by Gasteiger charge is 2.29. The lowest BCUT2D eigenvalue weighted by atomic mass is 9.99. The van der Waals surface area contributed by atoms with Crippen LogP contribution in [-0.4, -0.2) is 63.5 Å². The van der Waals surface area contributed by atoms with Crippen molar-refractivity contribution in [3.63, 3.8) is 0 Å². The van der Waals surface area contributed by atoms with E-state index in [9.17, 15) is 14.4 Å². The maximum absolute atomic E-state index is 13.3. The highest BCUT2D eigenvalue weighted by Crippen LogP contribution is 2.31. The summed E-state index contributed by atoms with van der Waals surface area (Å²) in [6.45, 7) is 4.75. The molecule has 0 bridgehead atoms. The van der Waals surface area contributed by atoms with Crippen molar-refractivity contribution in [2.45, 2.75) is 19.5 Å². The van der Waals surface area contributed by atoms with Crippen LogP contribution in [0.2, 0.25) is 0 Å². The Morgan fingerprint density at radius 1 is 1.10 bits per heavy atom. The summed E-state index contributed by atoms with van der Waals surface area (Å²) in [4.78, 5) is 19.2. The number of morpholine rings is 1. The van der Waals surface area contributed by atoms with E-state index in [1.54, 1.807) is 18.3 Å². The first-order valence-electron chi connectivity index (χ1n) is 10.1. The van der Waals surface area contributed by atoms with E-state index in [-0.39, 0.29) is 12.4 Å². The van der Waals surface area contributed by atoms with Crippen molar-refractivity contribution >= 4 is 16.8 Å². The molecule has 1 amide bonds. The largest absolute Gasteiger partial charge is 0.379 e. The monoisotopic (exact) mass is 410 g/mol. The van der Waals surface area contributed by atoms with Crippen molar-refractivity contribution in [3.8, 4) is 0 Å². The third-order valence-corrected chi connectivity index (χ3v) is 5.88. The van der Waals surface area contributed by atoms with Gasteiger partial charge in [0.2, 0.25) is 0 Å². The molecule has 0 spiro atoms. The second-order valence-electron chi connectivity index (χ2n) is 7.82. The van der Waals surface area contributed by atoms with Gasteiger partial charge in [-0.3, -0.25) is 14.9 Å². The van der Waals surface area contributed by atoms with E-state index in [1.165, 1.54) is 12.1 Å². The van der Waals surface area contributed by atoms with Crippen molar-refractivity contribution < 1.29 is 19.1 Å². The Hall–Kier alpha value is -2.81. The fourth-order valence-electron chi connectivity index (χ4n) is 4.35. The summed E-state index contributed by atoms with van der Waals surface area (Å²) in [5.74, 6) is -0.714. The van der Waals surface area contributed by atoms with Gasteiger partial charge in [-0.2, -0.15) is 0 Å². The lowest BCUT2D eigenvalue weighted by Crippen LogP contribution is -2.36. The van der Waals surface area contributed by atoms with Gasteiger partial charge in [-0.05, 0) is 35.2 Å². The number of rotatable bonds is 4. The van der Waals surface area contributed by atoms with Crippen LogP contribution in [0.5, 0.6) is 0 Å². The first-order valence-corrected chi connectivity index (χ1v) is 10.1. The van der Waals surface area contributed by atoms with Crippen LogP contribution in [0.15, 0.2) is 36.7 Å². The van der Waals surface area contributed by atoms with Crippen LogP contribution in [0.1, 0.15) is 27.2 Å². The Balaban J connectivity index is 1.60. The maximum Gasteiger partial charge on any atom is 0.296 e. The molecule has 0 radical (unpaired) electrons. The van der Waals surface area contributed by atoms with Crippen molar-refractivity contribution in [1.29, 1.82) is 0 Å².